The summed E-state index contributed by atoms with van der Waals surface area (Å²) < 4.78 is 32.0. The molecule has 3 unspecified atom stereocenters. The number of fused-ring (bicyclic) bond motifs is 1. The van der Waals surface area contributed by atoms with Gasteiger partial charge in [-0.3, -0.25) is 4.79 Å². The van der Waals surface area contributed by atoms with Crippen molar-refractivity contribution in [2.45, 2.75) is 63.1 Å². The van der Waals surface area contributed by atoms with Crippen molar-refractivity contribution >= 4 is 23.6 Å². The first kappa shape index (κ1) is 22.9. The molecular weight excluding hydrogens is 434 g/mol. The van der Waals surface area contributed by atoms with E-state index in [0.717, 1.165) is 41.2 Å². The monoisotopic (exact) mass is 462 g/mol. The third-order valence-corrected chi connectivity index (χ3v) is 7.68. The number of rotatable bonds is 6. The molecule has 1 heterocycles. The predicted octanol–water partition coefficient (Wildman–Crippen LogP) is 5.32. The Morgan fingerprint density at radius 1 is 1.16 bits per heavy atom. The molecule has 2 aromatic carbocycles. The van der Waals surface area contributed by atoms with E-state index in [1.807, 2.05) is 18.2 Å². The molecule has 0 bridgehead atoms. The van der Waals surface area contributed by atoms with Crippen molar-refractivity contribution in [1.82, 2.24) is 4.31 Å². The number of carbonyl (C=O) groups is 1. The van der Waals surface area contributed by atoms with Crippen LogP contribution in [0.2, 0.25) is 0 Å². The van der Waals surface area contributed by atoms with E-state index in [2.05, 4.69) is 39.9 Å². The van der Waals surface area contributed by atoms with Gasteiger partial charge in [0, 0.05) is 35.8 Å². The molecule has 2 aromatic rings. The Bertz CT molecular complexity index is 991. The second kappa shape index (κ2) is 9.27. The van der Waals surface area contributed by atoms with Crippen molar-refractivity contribution in [2.75, 3.05) is 18.0 Å². The Balaban J connectivity index is 1.46. The molecule has 1 saturated heterocycles. The molecule has 8 heteroatoms. The highest BCUT2D eigenvalue weighted by molar-refractivity contribution is 7.97. The number of alkyl halides is 2. The molecule has 32 heavy (non-hydrogen) atoms. The fourth-order valence-corrected chi connectivity index (χ4v) is 5.82. The Hall–Kier alpha value is -2.32. The normalized spacial score (nSPS) is 23.4. The first-order valence-electron chi connectivity index (χ1n) is 10.8. The average molecular weight is 463 g/mol. The predicted molar refractivity (Wildman–Crippen MR) is 122 cm³/mol. The number of benzene rings is 2. The fraction of sp³-hybridized carbons (Fsp3) is 0.458. The second-order valence-corrected chi connectivity index (χ2v) is 9.75. The van der Waals surface area contributed by atoms with Gasteiger partial charge in [0.25, 0.3) is 0 Å². The summed E-state index contributed by atoms with van der Waals surface area (Å²) in [4.78, 5) is 14.9. The molecule has 172 valence electrons. The number of anilines is 1. The molecule has 1 aliphatic heterocycles. The van der Waals surface area contributed by atoms with Gasteiger partial charge in [-0.1, -0.05) is 6.07 Å². The quantitative estimate of drug-likeness (QED) is 0.587. The van der Waals surface area contributed by atoms with Crippen molar-refractivity contribution in [2.24, 2.45) is 0 Å². The summed E-state index contributed by atoms with van der Waals surface area (Å²) in [7, 11) is 0. The smallest absolute Gasteiger partial charge is 0.387 e. The molecule has 1 fully saturated rings. The van der Waals surface area contributed by atoms with Crippen LogP contribution in [0, 0.1) is 6.92 Å². The number of halogens is 2. The van der Waals surface area contributed by atoms with Gasteiger partial charge in [-0.2, -0.15) is 8.78 Å². The molecule has 0 radical (unpaired) electrons. The lowest BCUT2D eigenvalue weighted by atomic mass is 10.0. The van der Waals surface area contributed by atoms with Crippen molar-refractivity contribution < 1.29 is 23.4 Å². The zero-order valence-electron chi connectivity index (χ0n) is 18.4. The largest absolute Gasteiger partial charge is 0.481 e. The van der Waals surface area contributed by atoms with E-state index in [4.69, 9.17) is 0 Å². The van der Waals surface area contributed by atoms with Crippen LogP contribution in [0.15, 0.2) is 41.3 Å². The summed E-state index contributed by atoms with van der Waals surface area (Å²) in [5.74, 6) is -0.950. The lowest BCUT2D eigenvalue weighted by Gasteiger charge is -2.44. The number of hydrogen-bond acceptors (Lipinski definition) is 5. The van der Waals surface area contributed by atoms with E-state index in [9.17, 15) is 18.7 Å². The van der Waals surface area contributed by atoms with Gasteiger partial charge in [0.1, 0.15) is 5.75 Å². The molecule has 0 amide bonds. The minimum absolute atomic E-state index is 0.204. The summed E-state index contributed by atoms with van der Waals surface area (Å²) in [6.07, 6.45) is 1.49. The van der Waals surface area contributed by atoms with Crippen molar-refractivity contribution in [3.8, 4) is 5.75 Å². The topological polar surface area (TPSA) is 53.0 Å². The number of hydrogen-bond donors (Lipinski definition) is 1. The van der Waals surface area contributed by atoms with Crippen LogP contribution in [0.1, 0.15) is 42.9 Å². The molecule has 0 saturated carbocycles. The number of carboxylic acid groups (broad SMARTS) is 1. The van der Waals surface area contributed by atoms with E-state index in [-0.39, 0.29) is 17.8 Å². The van der Waals surface area contributed by atoms with E-state index in [1.54, 1.807) is 24.9 Å². The summed E-state index contributed by atoms with van der Waals surface area (Å²) in [5.41, 5.74) is 3.77. The van der Waals surface area contributed by atoms with Crippen LogP contribution in [-0.4, -0.2) is 47.2 Å². The highest BCUT2D eigenvalue weighted by Crippen LogP contribution is 2.39. The van der Waals surface area contributed by atoms with Gasteiger partial charge in [-0.25, -0.2) is 4.31 Å². The fourth-order valence-electron chi connectivity index (χ4n) is 4.77. The lowest BCUT2D eigenvalue weighted by Crippen LogP contribution is -2.53. The minimum atomic E-state index is -2.83. The molecule has 3 atom stereocenters. The van der Waals surface area contributed by atoms with Crippen LogP contribution < -0.4 is 9.64 Å². The third kappa shape index (κ3) is 4.71. The second-order valence-electron chi connectivity index (χ2n) is 8.67. The highest BCUT2D eigenvalue weighted by atomic mass is 32.2. The van der Waals surface area contributed by atoms with Crippen molar-refractivity contribution in [1.29, 1.82) is 0 Å². The van der Waals surface area contributed by atoms with Crippen LogP contribution in [0.5, 0.6) is 5.75 Å². The standard InChI is InChI=1S/C24H28F2N2O3S/c1-14-10-18(6-9-22(14)31-24(25)26)27-12-15(2)28(16(3)13-27)32-19-7-4-17-5-8-20(23(29)30)21(17)11-19/h4,6-7,9-11,15-16,20,24H,5,8,12-13H2,1-3H3,(H,29,30). The molecule has 1 aliphatic carbocycles. The number of aliphatic carboxylic acids is 1. The molecule has 1 N–H and O–H groups in total. The van der Waals surface area contributed by atoms with E-state index in [0.29, 0.717) is 12.0 Å². The zero-order valence-corrected chi connectivity index (χ0v) is 19.2. The Kier molecular flexibility index (Phi) is 6.62. The zero-order chi connectivity index (χ0) is 23.0. The third-order valence-electron chi connectivity index (χ3n) is 6.28. The van der Waals surface area contributed by atoms with Gasteiger partial charge < -0.3 is 14.7 Å². The van der Waals surface area contributed by atoms with Gasteiger partial charge >= 0.3 is 12.6 Å². The van der Waals surface area contributed by atoms with E-state index in [1.165, 1.54) is 0 Å². The average Bonchev–Trinajstić information content (AvgIpc) is 3.15. The van der Waals surface area contributed by atoms with Crippen LogP contribution in [0.4, 0.5) is 14.5 Å². The number of aryl methyl sites for hydroxylation is 2. The SMILES string of the molecule is Cc1cc(N2CC(C)N(Sc3ccc4c(c3)C(C(=O)O)CC4)C(C)C2)ccc1OC(F)F. The Morgan fingerprint density at radius 2 is 1.88 bits per heavy atom. The molecule has 0 aromatic heterocycles. The van der Waals surface area contributed by atoms with Crippen LogP contribution in [0.25, 0.3) is 0 Å². The number of piperazine rings is 1. The number of nitrogens with zero attached hydrogens (tertiary/aromatic N) is 2. The van der Waals surface area contributed by atoms with E-state index < -0.39 is 18.5 Å². The maximum atomic E-state index is 12.5. The van der Waals surface area contributed by atoms with Gasteiger partial charge in [0.05, 0.1) is 5.92 Å². The summed E-state index contributed by atoms with van der Waals surface area (Å²) in [6.45, 7) is 4.89. The number of ether oxygens (including phenoxy) is 1. The molecule has 2 aliphatic rings. The van der Waals surface area contributed by atoms with Crippen LogP contribution in [0.3, 0.4) is 0 Å². The van der Waals surface area contributed by atoms with Crippen LogP contribution in [-0.2, 0) is 11.2 Å². The van der Waals surface area contributed by atoms with Crippen molar-refractivity contribution in [3.05, 3.63) is 53.1 Å². The lowest BCUT2D eigenvalue weighted by molar-refractivity contribution is -0.138. The number of carboxylic acids is 1. The Morgan fingerprint density at radius 3 is 2.50 bits per heavy atom. The first-order chi connectivity index (χ1) is 15.2. The van der Waals surface area contributed by atoms with Crippen molar-refractivity contribution in [3.63, 3.8) is 0 Å². The maximum absolute atomic E-state index is 12.5. The van der Waals surface area contributed by atoms with Gasteiger partial charge in [-0.05, 0) is 92.6 Å². The Labute approximate surface area is 191 Å². The maximum Gasteiger partial charge on any atom is 0.387 e. The van der Waals surface area contributed by atoms with Gasteiger partial charge in [-0.15, -0.1) is 0 Å². The highest BCUT2D eigenvalue weighted by Gasteiger charge is 2.32. The first-order valence-corrected chi connectivity index (χ1v) is 11.6. The summed E-state index contributed by atoms with van der Waals surface area (Å²) in [5, 5.41) is 9.51. The molecule has 4 rings (SSSR count). The summed E-state index contributed by atoms with van der Waals surface area (Å²) >= 11 is 1.68. The van der Waals surface area contributed by atoms with E-state index >= 15 is 0 Å². The molecule has 0 spiro atoms. The van der Waals surface area contributed by atoms with Gasteiger partial charge in [0.15, 0.2) is 0 Å². The van der Waals surface area contributed by atoms with Gasteiger partial charge in [0.2, 0.25) is 0 Å². The summed E-state index contributed by atoms with van der Waals surface area (Å²) in [6, 6.07) is 12.0. The van der Waals surface area contributed by atoms with Crippen LogP contribution >= 0.6 is 11.9 Å². The minimum Gasteiger partial charge on any atom is -0.481 e. The molecule has 5 nitrogen and oxygen atoms in total. The molecular formula is C24H28F2N2O3S.